The van der Waals surface area contributed by atoms with Gasteiger partial charge in [0.05, 0.1) is 17.4 Å². The van der Waals surface area contributed by atoms with Crippen LogP contribution in [0.4, 0.5) is 5.69 Å². The van der Waals surface area contributed by atoms with Crippen LogP contribution in [0.1, 0.15) is 5.56 Å². The van der Waals surface area contributed by atoms with Crippen molar-refractivity contribution in [1.29, 1.82) is 0 Å². The Balaban J connectivity index is 2.09. The topological polar surface area (TPSA) is 73.3 Å². The van der Waals surface area contributed by atoms with E-state index in [4.69, 9.17) is 11.6 Å². The second kappa shape index (κ2) is 5.32. The van der Waals surface area contributed by atoms with Crippen molar-refractivity contribution >= 4 is 34.0 Å². The highest BCUT2D eigenvalue weighted by Crippen LogP contribution is 2.20. The molecule has 0 unspecified atom stereocenters. The molecule has 5 nitrogen and oxygen atoms in total. The van der Waals surface area contributed by atoms with E-state index in [9.17, 15) is 5.21 Å². The normalized spacial score (nSPS) is 11.8. The van der Waals surface area contributed by atoms with E-state index < -0.39 is 0 Å². The summed E-state index contributed by atoms with van der Waals surface area (Å²) in [6.45, 7) is 0. The summed E-state index contributed by atoms with van der Waals surface area (Å²) in [5, 5.41) is 17.8. The number of hydrogen-bond donors (Lipinski definition) is 3. The molecule has 0 saturated carbocycles. The number of halogens is 1. The molecule has 3 N–H and O–H groups in total. The number of benzene rings is 2. The van der Waals surface area contributed by atoms with Crippen LogP contribution < -0.4 is 5.48 Å². The van der Waals surface area contributed by atoms with Gasteiger partial charge in [-0.2, -0.15) is 5.10 Å². The van der Waals surface area contributed by atoms with Crippen molar-refractivity contribution in [3.8, 4) is 0 Å². The van der Waals surface area contributed by atoms with Gasteiger partial charge in [-0.15, -0.1) is 0 Å². The fourth-order valence-electron chi connectivity index (χ4n) is 1.96. The summed E-state index contributed by atoms with van der Waals surface area (Å²) in [6, 6.07) is 12.7. The lowest BCUT2D eigenvalue weighted by Crippen LogP contribution is -2.20. The Labute approximate surface area is 119 Å². The SMILES string of the molecule is ONC(=Nc1ccc(Cl)cc1)c1cccc2cn[nH]c12. The van der Waals surface area contributed by atoms with E-state index >= 15 is 0 Å². The Kier molecular flexibility index (Phi) is 3.37. The Morgan fingerprint density at radius 1 is 1.20 bits per heavy atom. The van der Waals surface area contributed by atoms with Gasteiger partial charge in [-0.05, 0) is 30.3 Å². The number of aromatic nitrogens is 2. The highest BCUT2D eigenvalue weighted by molar-refractivity contribution is 6.30. The molecule has 20 heavy (non-hydrogen) atoms. The van der Waals surface area contributed by atoms with E-state index in [1.54, 1.807) is 30.5 Å². The molecule has 0 aliphatic rings. The van der Waals surface area contributed by atoms with Crippen LogP contribution in [0.15, 0.2) is 53.7 Å². The zero-order valence-electron chi connectivity index (χ0n) is 10.3. The molecule has 0 saturated heterocycles. The zero-order valence-corrected chi connectivity index (χ0v) is 11.1. The quantitative estimate of drug-likeness (QED) is 0.384. The summed E-state index contributed by atoms with van der Waals surface area (Å²) in [4.78, 5) is 4.37. The summed E-state index contributed by atoms with van der Waals surface area (Å²) in [5.41, 5.74) is 4.36. The molecule has 100 valence electrons. The molecule has 1 aromatic heterocycles. The first-order chi connectivity index (χ1) is 9.78. The van der Waals surface area contributed by atoms with E-state index in [0.717, 1.165) is 16.5 Å². The molecule has 0 aliphatic heterocycles. The van der Waals surface area contributed by atoms with Gasteiger partial charge in [-0.25, -0.2) is 4.99 Å². The Bertz CT molecular complexity index is 764. The van der Waals surface area contributed by atoms with Gasteiger partial charge in [0.15, 0.2) is 5.84 Å². The highest BCUT2D eigenvalue weighted by atomic mass is 35.5. The third-order valence-electron chi connectivity index (χ3n) is 2.91. The Morgan fingerprint density at radius 2 is 2.00 bits per heavy atom. The number of H-pyrrole nitrogens is 1. The largest absolute Gasteiger partial charge is 0.290 e. The maximum atomic E-state index is 9.35. The smallest absolute Gasteiger partial charge is 0.159 e. The number of rotatable bonds is 2. The number of para-hydroxylation sites is 1. The summed E-state index contributed by atoms with van der Waals surface area (Å²) < 4.78 is 0. The molecule has 0 radical (unpaired) electrons. The summed E-state index contributed by atoms with van der Waals surface area (Å²) >= 11 is 5.84. The van der Waals surface area contributed by atoms with Crippen LogP contribution in [0, 0.1) is 0 Å². The van der Waals surface area contributed by atoms with Gasteiger partial charge in [0.25, 0.3) is 0 Å². The molecule has 0 fully saturated rings. The number of aliphatic imine (C=N–C) groups is 1. The minimum atomic E-state index is 0.335. The van der Waals surface area contributed by atoms with Crippen molar-refractivity contribution in [2.75, 3.05) is 0 Å². The van der Waals surface area contributed by atoms with Crippen molar-refractivity contribution in [2.24, 2.45) is 4.99 Å². The molecule has 0 amide bonds. The third kappa shape index (κ3) is 2.36. The van der Waals surface area contributed by atoms with Gasteiger partial charge in [0.1, 0.15) is 0 Å². The molecule has 0 spiro atoms. The maximum Gasteiger partial charge on any atom is 0.159 e. The predicted octanol–water partition coefficient (Wildman–Crippen LogP) is 3.27. The van der Waals surface area contributed by atoms with Crippen LogP contribution in [-0.4, -0.2) is 21.2 Å². The molecule has 0 aliphatic carbocycles. The van der Waals surface area contributed by atoms with E-state index in [-0.39, 0.29) is 0 Å². The number of amidine groups is 1. The fraction of sp³-hybridized carbons (Fsp3) is 0. The van der Waals surface area contributed by atoms with Crippen LogP contribution in [-0.2, 0) is 0 Å². The first-order valence-corrected chi connectivity index (χ1v) is 6.32. The van der Waals surface area contributed by atoms with Crippen LogP contribution >= 0.6 is 11.6 Å². The number of fused-ring (bicyclic) bond motifs is 1. The van der Waals surface area contributed by atoms with Crippen molar-refractivity contribution in [2.45, 2.75) is 0 Å². The van der Waals surface area contributed by atoms with Gasteiger partial charge < -0.3 is 0 Å². The van der Waals surface area contributed by atoms with E-state index in [1.165, 1.54) is 0 Å². The van der Waals surface area contributed by atoms with Crippen LogP contribution in [0.25, 0.3) is 10.9 Å². The minimum Gasteiger partial charge on any atom is -0.290 e. The van der Waals surface area contributed by atoms with Crippen molar-refractivity contribution in [1.82, 2.24) is 15.7 Å². The molecular formula is C14H11ClN4O. The van der Waals surface area contributed by atoms with E-state index in [1.807, 2.05) is 18.2 Å². The average Bonchev–Trinajstić information content (AvgIpc) is 2.95. The van der Waals surface area contributed by atoms with Crippen molar-refractivity contribution < 1.29 is 5.21 Å². The summed E-state index contributed by atoms with van der Waals surface area (Å²) in [6.07, 6.45) is 1.72. The summed E-state index contributed by atoms with van der Waals surface area (Å²) in [5.74, 6) is 0.335. The van der Waals surface area contributed by atoms with Gasteiger partial charge in [0, 0.05) is 16.0 Å². The lowest BCUT2D eigenvalue weighted by atomic mass is 10.1. The first kappa shape index (κ1) is 12.7. The monoisotopic (exact) mass is 286 g/mol. The minimum absolute atomic E-state index is 0.335. The lowest BCUT2D eigenvalue weighted by molar-refractivity contribution is 0.235. The number of nitrogens with one attached hydrogen (secondary N) is 2. The molecule has 0 bridgehead atoms. The molecular weight excluding hydrogens is 276 g/mol. The van der Waals surface area contributed by atoms with Gasteiger partial charge >= 0.3 is 0 Å². The number of aromatic amines is 1. The molecule has 3 aromatic rings. The van der Waals surface area contributed by atoms with Crippen molar-refractivity contribution in [3.63, 3.8) is 0 Å². The number of hydroxylamine groups is 1. The third-order valence-corrected chi connectivity index (χ3v) is 3.16. The number of nitrogens with zero attached hydrogens (tertiary/aromatic N) is 2. The molecule has 3 rings (SSSR count). The first-order valence-electron chi connectivity index (χ1n) is 5.95. The molecule has 6 heteroatoms. The second-order valence-electron chi connectivity index (χ2n) is 4.19. The lowest BCUT2D eigenvalue weighted by Gasteiger charge is -2.06. The standard InChI is InChI=1S/C14H11ClN4O/c15-10-4-6-11(7-5-10)17-14(19-20)12-3-1-2-9-8-16-18-13(9)12/h1-8,20H,(H,16,18)(H,17,19). The molecule has 0 atom stereocenters. The van der Waals surface area contributed by atoms with Crippen LogP contribution in [0.5, 0.6) is 0 Å². The van der Waals surface area contributed by atoms with E-state index in [0.29, 0.717) is 16.5 Å². The van der Waals surface area contributed by atoms with E-state index in [2.05, 4.69) is 20.7 Å². The average molecular weight is 287 g/mol. The van der Waals surface area contributed by atoms with Crippen LogP contribution in [0.3, 0.4) is 0 Å². The van der Waals surface area contributed by atoms with Crippen LogP contribution in [0.2, 0.25) is 5.02 Å². The van der Waals surface area contributed by atoms with Gasteiger partial charge in [0.2, 0.25) is 0 Å². The van der Waals surface area contributed by atoms with Gasteiger partial charge in [-0.3, -0.25) is 15.8 Å². The second-order valence-corrected chi connectivity index (χ2v) is 4.62. The zero-order chi connectivity index (χ0) is 13.9. The predicted molar refractivity (Wildman–Crippen MR) is 78.7 cm³/mol. The Morgan fingerprint density at radius 3 is 2.75 bits per heavy atom. The Hall–Kier alpha value is -2.37. The van der Waals surface area contributed by atoms with Gasteiger partial charge in [-0.1, -0.05) is 23.7 Å². The summed E-state index contributed by atoms with van der Waals surface area (Å²) in [7, 11) is 0. The highest BCUT2D eigenvalue weighted by Gasteiger charge is 2.09. The fourth-order valence-corrected chi connectivity index (χ4v) is 2.08. The molecule has 2 aromatic carbocycles. The maximum absolute atomic E-state index is 9.35. The molecule has 1 heterocycles. The number of hydrogen-bond acceptors (Lipinski definition) is 3. The van der Waals surface area contributed by atoms with Crippen molar-refractivity contribution in [3.05, 3.63) is 59.2 Å².